The number of aromatic hydroxyl groups is 1. The quantitative estimate of drug-likeness (QED) is 0.595. The molecule has 3 rings (SSSR count). The van der Waals surface area contributed by atoms with E-state index in [0.29, 0.717) is 18.5 Å². The van der Waals surface area contributed by atoms with Gasteiger partial charge in [-0.1, -0.05) is 0 Å². The number of rotatable bonds is 4. The van der Waals surface area contributed by atoms with E-state index < -0.39 is 34.6 Å². The predicted molar refractivity (Wildman–Crippen MR) is 83.4 cm³/mol. The molecule has 0 unspecified atom stereocenters. The minimum Gasteiger partial charge on any atom is -0.505 e. The highest BCUT2D eigenvalue weighted by atomic mass is 19.1. The lowest BCUT2D eigenvalue weighted by Gasteiger charge is -2.15. The third-order valence-corrected chi connectivity index (χ3v) is 3.93. The minimum atomic E-state index is -1.22. The van der Waals surface area contributed by atoms with Gasteiger partial charge in [0.1, 0.15) is 11.2 Å². The van der Waals surface area contributed by atoms with E-state index in [-0.39, 0.29) is 5.69 Å². The van der Waals surface area contributed by atoms with Crippen molar-refractivity contribution in [3.05, 3.63) is 54.1 Å². The van der Waals surface area contributed by atoms with Crippen LogP contribution in [0.4, 0.5) is 20.2 Å². The Hall–Kier alpha value is -2.96. The van der Waals surface area contributed by atoms with Crippen molar-refractivity contribution in [1.82, 2.24) is 0 Å². The van der Waals surface area contributed by atoms with Crippen LogP contribution < -0.4 is 10.6 Å². The van der Waals surface area contributed by atoms with Crippen LogP contribution in [0, 0.1) is 17.0 Å². The number of nitrogens with one attached hydrogen (secondary N) is 2. The summed E-state index contributed by atoms with van der Waals surface area (Å²) in [5.41, 5.74) is -0.685. The largest absolute Gasteiger partial charge is 0.505 e. The van der Waals surface area contributed by atoms with Crippen molar-refractivity contribution in [3.63, 3.8) is 0 Å². The molecule has 5 nitrogen and oxygen atoms in total. The molecule has 3 N–H and O–H groups in total. The van der Waals surface area contributed by atoms with Gasteiger partial charge in [-0.15, -0.1) is 0 Å². The molecule has 0 aromatic heterocycles. The molecule has 24 heavy (non-hydrogen) atoms. The SMILES string of the molecule is O=C(Nc1ccc(F)cc1)C1(C(=O)Nc2ccc(O)c(F)c2)CC1. The molecule has 1 aliphatic rings. The van der Waals surface area contributed by atoms with Gasteiger partial charge in [0.15, 0.2) is 11.6 Å². The van der Waals surface area contributed by atoms with Crippen molar-refractivity contribution in [3.8, 4) is 5.75 Å². The number of benzene rings is 2. The molecule has 2 aromatic carbocycles. The molecular weight excluding hydrogens is 318 g/mol. The molecule has 0 bridgehead atoms. The van der Waals surface area contributed by atoms with Gasteiger partial charge < -0.3 is 15.7 Å². The van der Waals surface area contributed by atoms with Crippen LogP contribution in [0.25, 0.3) is 0 Å². The Morgan fingerprint density at radius 2 is 1.46 bits per heavy atom. The molecule has 1 saturated carbocycles. The van der Waals surface area contributed by atoms with Gasteiger partial charge in [0.2, 0.25) is 11.8 Å². The number of carbonyl (C=O) groups is 2. The maximum Gasteiger partial charge on any atom is 0.240 e. The van der Waals surface area contributed by atoms with Gasteiger partial charge in [0.05, 0.1) is 0 Å². The van der Waals surface area contributed by atoms with Crippen molar-refractivity contribution in [2.24, 2.45) is 5.41 Å². The molecule has 0 heterocycles. The van der Waals surface area contributed by atoms with E-state index in [9.17, 15) is 18.4 Å². The average molecular weight is 332 g/mol. The van der Waals surface area contributed by atoms with E-state index in [2.05, 4.69) is 10.6 Å². The van der Waals surface area contributed by atoms with Crippen LogP contribution in [0.15, 0.2) is 42.5 Å². The number of hydrogen-bond acceptors (Lipinski definition) is 3. The fraction of sp³-hybridized carbons (Fsp3) is 0.176. The maximum atomic E-state index is 13.3. The van der Waals surface area contributed by atoms with E-state index in [1.807, 2.05) is 0 Å². The third-order valence-electron chi connectivity index (χ3n) is 3.93. The topological polar surface area (TPSA) is 78.4 Å². The summed E-state index contributed by atoms with van der Waals surface area (Å²) in [6, 6.07) is 8.63. The Kier molecular flexibility index (Phi) is 3.92. The van der Waals surface area contributed by atoms with Crippen molar-refractivity contribution >= 4 is 23.2 Å². The van der Waals surface area contributed by atoms with Gasteiger partial charge in [0, 0.05) is 17.4 Å². The van der Waals surface area contributed by atoms with E-state index >= 15 is 0 Å². The summed E-state index contributed by atoms with van der Waals surface area (Å²) in [6.07, 6.45) is 0.735. The molecule has 124 valence electrons. The molecule has 2 aromatic rings. The third kappa shape index (κ3) is 3.05. The first-order chi connectivity index (χ1) is 11.4. The van der Waals surface area contributed by atoms with Crippen molar-refractivity contribution in [2.75, 3.05) is 10.6 Å². The summed E-state index contributed by atoms with van der Waals surface area (Å²) >= 11 is 0. The predicted octanol–water partition coefficient (Wildman–Crippen LogP) is 3.03. The lowest BCUT2D eigenvalue weighted by atomic mass is 10.0. The molecule has 2 amide bonds. The van der Waals surface area contributed by atoms with Gasteiger partial charge in [-0.2, -0.15) is 0 Å². The van der Waals surface area contributed by atoms with Crippen molar-refractivity contribution in [2.45, 2.75) is 12.8 Å². The minimum absolute atomic E-state index is 0.149. The first-order valence-electron chi connectivity index (χ1n) is 7.28. The molecule has 1 fully saturated rings. The van der Waals surface area contributed by atoms with Crippen molar-refractivity contribution in [1.29, 1.82) is 0 Å². The summed E-state index contributed by atoms with van der Waals surface area (Å²) in [5, 5.41) is 14.2. The number of amides is 2. The average Bonchev–Trinajstić information content (AvgIpc) is 3.35. The highest BCUT2D eigenvalue weighted by Crippen LogP contribution is 2.47. The number of halogens is 2. The molecule has 0 atom stereocenters. The zero-order valence-electron chi connectivity index (χ0n) is 12.5. The van der Waals surface area contributed by atoms with Crippen LogP contribution >= 0.6 is 0 Å². The van der Waals surface area contributed by atoms with Gasteiger partial charge in [-0.25, -0.2) is 8.78 Å². The number of anilines is 2. The van der Waals surface area contributed by atoms with E-state index in [4.69, 9.17) is 5.11 Å². The molecule has 7 heteroatoms. The van der Waals surface area contributed by atoms with Gasteiger partial charge in [-0.3, -0.25) is 9.59 Å². The number of phenolic OH excluding ortho intramolecular Hbond substituents is 1. The Morgan fingerprint density at radius 1 is 0.917 bits per heavy atom. The highest BCUT2D eigenvalue weighted by Gasteiger charge is 2.56. The van der Waals surface area contributed by atoms with Crippen molar-refractivity contribution < 1.29 is 23.5 Å². The summed E-state index contributed by atoms with van der Waals surface area (Å²) in [4.78, 5) is 24.7. The maximum absolute atomic E-state index is 13.3. The fourth-order valence-corrected chi connectivity index (χ4v) is 2.30. The first kappa shape index (κ1) is 15.9. The van der Waals surface area contributed by atoms with E-state index in [1.165, 1.54) is 30.3 Å². The fourth-order valence-electron chi connectivity index (χ4n) is 2.30. The summed E-state index contributed by atoms with van der Waals surface area (Å²) < 4.78 is 26.2. The second-order valence-electron chi connectivity index (χ2n) is 5.66. The summed E-state index contributed by atoms with van der Waals surface area (Å²) in [6.45, 7) is 0. The normalized spacial score (nSPS) is 14.8. The van der Waals surface area contributed by atoms with E-state index in [1.54, 1.807) is 0 Å². The Labute approximate surface area is 136 Å². The van der Waals surface area contributed by atoms with Crippen LogP contribution in [-0.2, 0) is 9.59 Å². The van der Waals surface area contributed by atoms with Gasteiger partial charge in [0.25, 0.3) is 0 Å². The summed E-state index contributed by atoms with van der Waals surface area (Å²) in [5.74, 6) is -2.86. The Morgan fingerprint density at radius 3 is 2.00 bits per heavy atom. The monoisotopic (exact) mass is 332 g/mol. The Balaban J connectivity index is 1.70. The van der Waals surface area contributed by atoms with Gasteiger partial charge in [-0.05, 0) is 49.2 Å². The van der Waals surface area contributed by atoms with Crippen LogP contribution in [0.3, 0.4) is 0 Å². The zero-order valence-corrected chi connectivity index (χ0v) is 12.5. The van der Waals surface area contributed by atoms with Crippen LogP contribution in [0.2, 0.25) is 0 Å². The molecular formula is C17H14F2N2O3. The second kappa shape index (κ2) is 5.92. The lowest BCUT2D eigenvalue weighted by molar-refractivity contribution is -0.131. The lowest BCUT2D eigenvalue weighted by Crippen LogP contribution is -2.35. The molecule has 0 saturated heterocycles. The van der Waals surface area contributed by atoms with E-state index in [0.717, 1.165) is 12.1 Å². The van der Waals surface area contributed by atoms with Crippen LogP contribution in [0.5, 0.6) is 5.75 Å². The summed E-state index contributed by atoms with van der Waals surface area (Å²) in [7, 11) is 0. The molecule has 0 aliphatic heterocycles. The van der Waals surface area contributed by atoms with Crippen LogP contribution in [-0.4, -0.2) is 16.9 Å². The van der Waals surface area contributed by atoms with Crippen LogP contribution in [0.1, 0.15) is 12.8 Å². The van der Waals surface area contributed by atoms with Gasteiger partial charge >= 0.3 is 0 Å². The zero-order chi connectivity index (χ0) is 17.3. The Bertz CT molecular complexity index is 802. The smallest absolute Gasteiger partial charge is 0.240 e. The molecule has 1 aliphatic carbocycles. The molecule has 0 radical (unpaired) electrons. The number of hydrogen-bond donors (Lipinski definition) is 3. The molecule has 0 spiro atoms. The number of carbonyl (C=O) groups excluding carboxylic acids is 2. The highest BCUT2D eigenvalue weighted by molar-refractivity contribution is 6.16. The first-order valence-corrected chi connectivity index (χ1v) is 7.28. The number of phenols is 1. The standard InChI is InChI=1S/C17H14F2N2O3/c18-10-1-3-11(4-2-10)20-15(23)17(7-8-17)16(24)21-12-5-6-14(22)13(19)9-12/h1-6,9,22H,7-8H2,(H,20,23)(H,21,24). The second-order valence-corrected chi connectivity index (χ2v) is 5.66.